The summed E-state index contributed by atoms with van der Waals surface area (Å²) in [6, 6.07) is 15.3. The van der Waals surface area contributed by atoms with E-state index in [1.54, 1.807) is 12.1 Å². The van der Waals surface area contributed by atoms with Crippen LogP contribution in [0.15, 0.2) is 59.9 Å². The number of hydrogen-bond donors (Lipinski definition) is 0. The Morgan fingerprint density at radius 3 is 1.94 bits per heavy atom. The van der Waals surface area contributed by atoms with Crippen molar-refractivity contribution in [2.24, 2.45) is 17.8 Å². The van der Waals surface area contributed by atoms with Gasteiger partial charge in [0.25, 0.3) is 0 Å². The standard InChI is InChI=1S/C31H35ClO3/c1-2-20-7-9-21(10-8-20)19-35-31-28(29(33)26-5-3-4-6-27(26)30(31)34)24-13-11-22(12-14-24)23-15-17-25(32)18-16-23/h3-6,15-18,20-22,24H,2,7-14,19H2,1H3/t20?,21?,22-,24-. The first-order chi connectivity index (χ1) is 17.0. The molecule has 3 aliphatic carbocycles. The quantitative estimate of drug-likeness (QED) is 0.410. The maximum absolute atomic E-state index is 13.7. The zero-order valence-electron chi connectivity index (χ0n) is 20.6. The molecule has 0 amide bonds. The molecule has 5 rings (SSSR count). The van der Waals surface area contributed by atoms with Crippen molar-refractivity contribution < 1.29 is 14.3 Å². The number of ether oxygens (including phenoxy) is 1. The highest BCUT2D eigenvalue weighted by molar-refractivity contribution is 6.30. The van der Waals surface area contributed by atoms with Gasteiger partial charge in [0.1, 0.15) is 0 Å². The van der Waals surface area contributed by atoms with Gasteiger partial charge in [0.2, 0.25) is 5.78 Å². The van der Waals surface area contributed by atoms with Gasteiger partial charge in [-0.25, -0.2) is 0 Å². The number of halogens is 1. The van der Waals surface area contributed by atoms with Crippen LogP contribution in [0.25, 0.3) is 0 Å². The number of fused-ring (bicyclic) bond motifs is 1. The molecular formula is C31H35ClO3. The third-order valence-corrected chi connectivity index (χ3v) is 8.85. The van der Waals surface area contributed by atoms with Gasteiger partial charge in [0.15, 0.2) is 11.5 Å². The monoisotopic (exact) mass is 490 g/mol. The largest absolute Gasteiger partial charge is 0.489 e. The highest BCUT2D eigenvalue weighted by atomic mass is 35.5. The predicted molar refractivity (Wildman–Crippen MR) is 140 cm³/mol. The number of rotatable bonds is 6. The Kier molecular flexibility index (Phi) is 7.43. The molecule has 2 fully saturated rings. The summed E-state index contributed by atoms with van der Waals surface area (Å²) in [5.74, 6) is 2.02. The fourth-order valence-corrected chi connectivity index (χ4v) is 6.47. The molecule has 2 saturated carbocycles. The lowest BCUT2D eigenvalue weighted by atomic mass is 9.72. The van der Waals surface area contributed by atoms with E-state index in [0.717, 1.165) is 49.5 Å². The molecule has 35 heavy (non-hydrogen) atoms. The summed E-state index contributed by atoms with van der Waals surface area (Å²) in [7, 11) is 0. The molecule has 0 N–H and O–H groups in total. The Balaban J connectivity index is 1.36. The smallest absolute Gasteiger partial charge is 0.228 e. The normalized spacial score (nSPS) is 27.0. The van der Waals surface area contributed by atoms with Crippen molar-refractivity contribution in [2.45, 2.75) is 70.6 Å². The molecule has 0 aliphatic heterocycles. The van der Waals surface area contributed by atoms with Crippen LogP contribution in [-0.4, -0.2) is 18.2 Å². The molecule has 184 valence electrons. The van der Waals surface area contributed by atoms with Gasteiger partial charge in [0.05, 0.1) is 6.61 Å². The number of carbonyl (C=O) groups is 2. The number of hydrogen-bond acceptors (Lipinski definition) is 3. The molecule has 3 aliphatic rings. The summed E-state index contributed by atoms with van der Waals surface area (Å²) in [6.45, 7) is 2.81. The number of ketones is 2. The molecule has 2 aromatic carbocycles. The lowest BCUT2D eigenvalue weighted by Crippen LogP contribution is -2.30. The van der Waals surface area contributed by atoms with Crippen molar-refractivity contribution in [3.8, 4) is 0 Å². The third-order valence-electron chi connectivity index (χ3n) is 8.60. The zero-order valence-corrected chi connectivity index (χ0v) is 21.4. The number of benzene rings is 2. The van der Waals surface area contributed by atoms with Crippen LogP contribution in [0.2, 0.25) is 5.02 Å². The predicted octanol–water partition coefficient (Wildman–Crippen LogP) is 8.18. The Labute approximate surface area is 213 Å². The van der Waals surface area contributed by atoms with Gasteiger partial charge in [0, 0.05) is 21.7 Å². The second-order valence-electron chi connectivity index (χ2n) is 10.7. The van der Waals surface area contributed by atoms with Gasteiger partial charge in [-0.05, 0) is 79.9 Å². The first-order valence-electron chi connectivity index (χ1n) is 13.4. The Bertz CT molecular complexity index is 1100. The number of allylic oxidation sites excluding steroid dienone is 2. The fraction of sp³-hybridized carbons (Fsp3) is 0.484. The lowest BCUT2D eigenvalue weighted by Gasteiger charge is -2.33. The van der Waals surface area contributed by atoms with Gasteiger partial charge in [-0.3, -0.25) is 9.59 Å². The van der Waals surface area contributed by atoms with Gasteiger partial charge in [-0.2, -0.15) is 0 Å². The van der Waals surface area contributed by atoms with E-state index in [9.17, 15) is 9.59 Å². The summed E-state index contributed by atoms with van der Waals surface area (Å²) in [4.78, 5) is 27.2. The van der Waals surface area contributed by atoms with Gasteiger partial charge in [-0.15, -0.1) is 0 Å². The van der Waals surface area contributed by atoms with Crippen molar-refractivity contribution in [1.29, 1.82) is 0 Å². The Morgan fingerprint density at radius 1 is 0.743 bits per heavy atom. The number of carbonyl (C=O) groups excluding carboxylic acids is 2. The van der Waals surface area contributed by atoms with Gasteiger partial charge in [-0.1, -0.05) is 74.2 Å². The minimum atomic E-state index is -0.114. The molecule has 0 atom stereocenters. The second-order valence-corrected chi connectivity index (χ2v) is 11.1. The molecule has 0 unspecified atom stereocenters. The molecule has 3 nitrogen and oxygen atoms in total. The SMILES string of the molecule is CCC1CCC(COC2=C([C@H]3CC[C@H](c4ccc(Cl)cc4)CC3)C(=O)c3ccccc3C2=O)CC1. The molecule has 0 radical (unpaired) electrons. The molecule has 0 spiro atoms. The van der Waals surface area contributed by atoms with Crippen LogP contribution >= 0.6 is 11.6 Å². The summed E-state index contributed by atoms with van der Waals surface area (Å²) in [5.41, 5.74) is 2.95. The number of Topliss-reactive ketones (excluding diaryl/α,β-unsaturated/α-hetero) is 2. The topological polar surface area (TPSA) is 43.4 Å². The Morgan fingerprint density at radius 2 is 1.31 bits per heavy atom. The second kappa shape index (κ2) is 10.7. The van der Waals surface area contributed by atoms with E-state index in [2.05, 4.69) is 19.1 Å². The molecular weight excluding hydrogens is 456 g/mol. The zero-order chi connectivity index (χ0) is 24.4. The van der Waals surface area contributed by atoms with Crippen molar-refractivity contribution in [3.05, 3.63) is 81.6 Å². The van der Waals surface area contributed by atoms with Gasteiger partial charge < -0.3 is 4.74 Å². The average molecular weight is 491 g/mol. The van der Waals surface area contributed by atoms with E-state index in [1.807, 2.05) is 24.3 Å². The van der Waals surface area contributed by atoms with Crippen LogP contribution in [0.1, 0.15) is 96.9 Å². The first-order valence-corrected chi connectivity index (χ1v) is 13.7. The highest BCUT2D eigenvalue weighted by Gasteiger charge is 2.39. The third kappa shape index (κ3) is 5.11. The van der Waals surface area contributed by atoms with Crippen LogP contribution < -0.4 is 0 Å². The Hall–Kier alpha value is -2.39. The molecule has 0 heterocycles. The average Bonchev–Trinajstić information content (AvgIpc) is 2.91. The molecule has 4 heteroatoms. The fourth-order valence-electron chi connectivity index (χ4n) is 6.34. The first kappa shape index (κ1) is 24.3. The van der Waals surface area contributed by atoms with E-state index in [4.69, 9.17) is 16.3 Å². The van der Waals surface area contributed by atoms with Crippen molar-refractivity contribution in [3.63, 3.8) is 0 Å². The van der Waals surface area contributed by atoms with Gasteiger partial charge >= 0.3 is 0 Å². The van der Waals surface area contributed by atoms with Crippen molar-refractivity contribution in [2.75, 3.05) is 6.61 Å². The van der Waals surface area contributed by atoms with Crippen molar-refractivity contribution in [1.82, 2.24) is 0 Å². The van der Waals surface area contributed by atoms with E-state index in [-0.39, 0.29) is 17.5 Å². The minimum Gasteiger partial charge on any atom is -0.489 e. The minimum absolute atomic E-state index is 0.0140. The maximum atomic E-state index is 13.7. The van der Waals surface area contributed by atoms with E-state index in [0.29, 0.717) is 40.9 Å². The molecule has 2 aromatic rings. The van der Waals surface area contributed by atoms with E-state index in [1.165, 1.54) is 24.8 Å². The summed E-state index contributed by atoms with van der Waals surface area (Å²) in [6.07, 6.45) is 9.77. The van der Waals surface area contributed by atoms with Crippen LogP contribution in [-0.2, 0) is 4.74 Å². The lowest BCUT2D eigenvalue weighted by molar-refractivity contribution is 0.0776. The van der Waals surface area contributed by atoms with Crippen LogP contribution in [0.3, 0.4) is 0 Å². The molecule has 0 saturated heterocycles. The van der Waals surface area contributed by atoms with E-state index < -0.39 is 0 Å². The van der Waals surface area contributed by atoms with Crippen molar-refractivity contribution >= 4 is 23.2 Å². The van der Waals surface area contributed by atoms with Crippen LogP contribution in [0.4, 0.5) is 0 Å². The highest BCUT2D eigenvalue weighted by Crippen LogP contribution is 2.43. The maximum Gasteiger partial charge on any atom is 0.228 e. The van der Waals surface area contributed by atoms with Crippen LogP contribution in [0, 0.1) is 17.8 Å². The summed E-state index contributed by atoms with van der Waals surface area (Å²) in [5, 5.41) is 0.752. The summed E-state index contributed by atoms with van der Waals surface area (Å²) >= 11 is 6.07. The molecule has 0 aromatic heterocycles. The van der Waals surface area contributed by atoms with E-state index >= 15 is 0 Å². The molecule has 0 bridgehead atoms. The summed E-state index contributed by atoms with van der Waals surface area (Å²) < 4.78 is 6.32. The van der Waals surface area contributed by atoms with Crippen LogP contribution in [0.5, 0.6) is 0 Å².